The van der Waals surface area contributed by atoms with Gasteiger partial charge < -0.3 is 4.74 Å². The van der Waals surface area contributed by atoms with Crippen LogP contribution in [0.15, 0.2) is 70.7 Å². The summed E-state index contributed by atoms with van der Waals surface area (Å²) < 4.78 is 6.74. The van der Waals surface area contributed by atoms with E-state index in [4.69, 9.17) is 4.74 Å². The van der Waals surface area contributed by atoms with Gasteiger partial charge in [0.25, 0.3) is 11.8 Å². The normalized spacial score (nSPS) is 15.7. The summed E-state index contributed by atoms with van der Waals surface area (Å²) in [4.78, 5) is 39.2. The minimum atomic E-state index is -0.786. The van der Waals surface area contributed by atoms with Crippen LogP contribution < -0.4 is 15.0 Å². The van der Waals surface area contributed by atoms with Gasteiger partial charge in [0.15, 0.2) is 0 Å². The number of nitrogens with one attached hydrogen (secondary N) is 1. The van der Waals surface area contributed by atoms with Gasteiger partial charge in [-0.25, -0.2) is 9.69 Å². The maximum Gasteiger partial charge on any atom is 0.335 e. The Morgan fingerprint density at radius 3 is 2.39 bits per heavy atom. The van der Waals surface area contributed by atoms with Crippen molar-refractivity contribution in [2.24, 2.45) is 0 Å². The molecule has 4 amide bonds. The standard InChI is InChI=1S/C24H19BrN2O4/c1-14(2)31-21-12-7-15-5-3-4-6-18(15)19(21)13-20-22(28)26-24(30)27(23(20)29)17-10-8-16(25)9-11-17/h3-14H,1-2H3,(H,26,28,30)/b20-13+. The summed E-state index contributed by atoms with van der Waals surface area (Å²) in [7, 11) is 0. The van der Waals surface area contributed by atoms with E-state index in [1.165, 1.54) is 6.08 Å². The highest BCUT2D eigenvalue weighted by Crippen LogP contribution is 2.32. The SMILES string of the molecule is CC(C)Oc1ccc2ccccc2c1/C=C1\C(=O)NC(=O)N(c2ccc(Br)cc2)C1=O. The number of amides is 4. The molecule has 1 heterocycles. The number of carbonyl (C=O) groups excluding carboxylic acids is 3. The number of carbonyl (C=O) groups is 3. The van der Waals surface area contributed by atoms with Crippen molar-refractivity contribution in [1.29, 1.82) is 0 Å². The lowest BCUT2D eigenvalue weighted by atomic mass is 9.99. The summed E-state index contributed by atoms with van der Waals surface area (Å²) in [5.74, 6) is -0.889. The topological polar surface area (TPSA) is 75.7 Å². The number of barbiturate groups is 1. The molecular formula is C24H19BrN2O4. The Morgan fingerprint density at radius 1 is 0.968 bits per heavy atom. The van der Waals surface area contributed by atoms with Crippen LogP contribution in [0.3, 0.4) is 0 Å². The first kappa shape index (κ1) is 20.8. The second-order valence-electron chi connectivity index (χ2n) is 7.30. The minimum Gasteiger partial charge on any atom is -0.490 e. The Hall–Kier alpha value is -3.45. The second-order valence-corrected chi connectivity index (χ2v) is 8.22. The number of ether oxygens (including phenoxy) is 1. The van der Waals surface area contributed by atoms with E-state index in [1.54, 1.807) is 24.3 Å². The summed E-state index contributed by atoms with van der Waals surface area (Å²) in [5, 5.41) is 4.03. The zero-order chi connectivity index (χ0) is 22.1. The van der Waals surface area contributed by atoms with Gasteiger partial charge in [0.1, 0.15) is 11.3 Å². The molecule has 31 heavy (non-hydrogen) atoms. The number of nitrogens with zero attached hydrogens (tertiary/aromatic N) is 1. The molecule has 1 N–H and O–H groups in total. The molecule has 7 heteroatoms. The summed E-state index contributed by atoms with van der Waals surface area (Å²) in [6.45, 7) is 3.80. The average Bonchev–Trinajstić information content (AvgIpc) is 2.73. The van der Waals surface area contributed by atoms with Gasteiger partial charge in [0.05, 0.1) is 11.8 Å². The fourth-order valence-corrected chi connectivity index (χ4v) is 3.67. The van der Waals surface area contributed by atoms with E-state index >= 15 is 0 Å². The molecule has 0 aliphatic carbocycles. The number of fused-ring (bicyclic) bond motifs is 1. The fourth-order valence-electron chi connectivity index (χ4n) is 3.41. The van der Waals surface area contributed by atoms with Crippen LogP contribution in [0.25, 0.3) is 16.8 Å². The van der Waals surface area contributed by atoms with E-state index in [-0.39, 0.29) is 11.7 Å². The zero-order valence-electron chi connectivity index (χ0n) is 16.9. The molecule has 3 aromatic rings. The van der Waals surface area contributed by atoms with E-state index in [1.807, 2.05) is 50.2 Å². The minimum absolute atomic E-state index is 0.102. The first-order valence-corrected chi connectivity index (χ1v) is 10.5. The predicted molar refractivity (Wildman–Crippen MR) is 123 cm³/mol. The van der Waals surface area contributed by atoms with Gasteiger partial charge in [-0.15, -0.1) is 0 Å². The van der Waals surface area contributed by atoms with Gasteiger partial charge in [-0.05, 0) is 61.0 Å². The Balaban J connectivity index is 1.86. The maximum absolute atomic E-state index is 13.2. The van der Waals surface area contributed by atoms with Crippen LogP contribution in [0.4, 0.5) is 10.5 Å². The number of benzene rings is 3. The highest BCUT2D eigenvalue weighted by atomic mass is 79.9. The van der Waals surface area contributed by atoms with E-state index in [0.29, 0.717) is 17.0 Å². The number of imide groups is 2. The van der Waals surface area contributed by atoms with Crippen molar-refractivity contribution in [3.8, 4) is 5.75 Å². The average molecular weight is 479 g/mol. The second kappa shape index (κ2) is 8.35. The van der Waals surface area contributed by atoms with Crippen molar-refractivity contribution in [2.45, 2.75) is 20.0 Å². The van der Waals surface area contributed by atoms with Gasteiger partial charge in [-0.3, -0.25) is 14.9 Å². The molecule has 0 aromatic heterocycles. The summed E-state index contributed by atoms with van der Waals surface area (Å²) in [5.41, 5.74) is 0.823. The summed E-state index contributed by atoms with van der Waals surface area (Å²) in [6, 6.07) is 17.3. The van der Waals surface area contributed by atoms with E-state index in [9.17, 15) is 14.4 Å². The van der Waals surface area contributed by atoms with Crippen molar-refractivity contribution in [3.63, 3.8) is 0 Å². The summed E-state index contributed by atoms with van der Waals surface area (Å²) in [6.07, 6.45) is 1.39. The predicted octanol–water partition coefficient (Wildman–Crippen LogP) is 5.06. The van der Waals surface area contributed by atoms with Crippen LogP contribution >= 0.6 is 15.9 Å². The van der Waals surface area contributed by atoms with Crippen molar-refractivity contribution in [1.82, 2.24) is 5.32 Å². The Kier molecular flexibility index (Phi) is 5.61. The Bertz CT molecular complexity index is 1230. The van der Waals surface area contributed by atoms with E-state index in [2.05, 4.69) is 21.2 Å². The van der Waals surface area contributed by atoms with Crippen LogP contribution in [0.2, 0.25) is 0 Å². The molecule has 0 bridgehead atoms. The molecule has 0 saturated carbocycles. The lowest BCUT2D eigenvalue weighted by molar-refractivity contribution is -0.122. The first-order valence-electron chi connectivity index (χ1n) is 9.70. The quantitative estimate of drug-likeness (QED) is 0.420. The molecule has 1 aliphatic rings. The van der Waals surface area contributed by atoms with Gasteiger partial charge in [-0.2, -0.15) is 0 Å². The molecule has 3 aromatic carbocycles. The largest absolute Gasteiger partial charge is 0.490 e. The molecule has 6 nitrogen and oxygen atoms in total. The number of halogens is 1. The van der Waals surface area contributed by atoms with Crippen LogP contribution in [0, 0.1) is 0 Å². The molecule has 4 rings (SSSR count). The molecule has 0 spiro atoms. The van der Waals surface area contributed by atoms with Gasteiger partial charge >= 0.3 is 6.03 Å². The summed E-state index contributed by atoms with van der Waals surface area (Å²) >= 11 is 3.33. The first-order chi connectivity index (χ1) is 14.8. The maximum atomic E-state index is 13.2. The third-order valence-corrected chi connectivity index (χ3v) is 5.30. The molecule has 0 unspecified atom stereocenters. The van der Waals surface area contributed by atoms with Crippen molar-refractivity contribution in [3.05, 3.63) is 76.3 Å². The van der Waals surface area contributed by atoms with Crippen molar-refractivity contribution in [2.75, 3.05) is 4.90 Å². The Morgan fingerprint density at radius 2 is 1.68 bits per heavy atom. The monoisotopic (exact) mass is 478 g/mol. The van der Waals surface area contributed by atoms with Crippen molar-refractivity contribution >= 4 is 56.3 Å². The molecule has 0 atom stereocenters. The number of urea groups is 1. The smallest absolute Gasteiger partial charge is 0.335 e. The molecule has 1 aliphatic heterocycles. The molecule has 1 fully saturated rings. The lowest BCUT2D eigenvalue weighted by Crippen LogP contribution is -2.54. The third kappa shape index (κ3) is 4.09. The number of hydrogen-bond donors (Lipinski definition) is 1. The molecular weight excluding hydrogens is 460 g/mol. The molecule has 156 valence electrons. The van der Waals surface area contributed by atoms with Crippen LogP contribution in [0.5, 0.6) is 5.75 Å². The molecule has 0 radical (unpaired) electrons. The van der Waals surface area contributed by atoms with Crippen LogP contribution in [-0.2, 0) is 9.59 Å². The van der Waals surface area contributed by atoms with Gasteiger partial charge in [-0.1, -0.05) is 46.3 Å². The van der Waals surface area contributed by atoms with E-state index in [0.717, 1.165) is 20.1 Å². The lowest BCUT2D eigenvalue weighted by Gasteiger charge is -2.26. The van der Waals surface area contributed by atoms with Crippen LogP contribution in [-0.4, -0.2) is 23.9 Å². The number of rotatable bonds is 4. The fraction of sp³-hybridized carbons (Fsp3) is 0.125. The van der Waals surface area contributed by atoms with Crippen molar-refractivity contribution < 1.29 is 19.1 Å². The third-order valence-electron chi connectivity index (χ3n) is 4.77. The number of hydrogen-bond acceptors (Lipinski definition) is 4. The molecule has 1 saturated heterocycles. The van der Waals surface area contributed by atoms with E-state index < -0.39 is 17.8 Å². The van der Waals surface area contributed by atoms with Gasteiger partial charge in [0.2, 0.25) is 0 Å². The highest BCUT2D eigenvalue weighted by Gasteiger charge is 2.37. The van der Waals surface area contributed by atoms with Gasteiger partial charge in [0, 0.05) is 10.0 Å². The zero-order valence-corrected chi connectivity index (χ0v) is 18.5. The number of anilines is 1. The highest BCUT2D eigenvalue weighted by molar-refractivity contribution is 9.10. The Labute approximate surface area is 187 Å². The van der Waals surface area contributed by atoms with Crippen LogP contribution in [0.1, 0.15) is 19.4 Å².